The van der Waals surface area contributed by atoms with Gasteiger partial charge in [-0.15, -0.1) is 12.4 Å². The Labute approximate surface area is 116 Å². The van der Waals surface area contributed by atoms with E-state index in [0.717, 1.165) is 5.56 Å². The molecule has 0 amide bonds. The second-order valence-corrected chi connectivity index (χ2v) is 5.88. The largest absolute Gasteiger partial charge is 0.324 e. The van der Waals surface area contributed by atoms with Crippen molar-refractivity contribution < 1.29 is 8.42 Å². The molecule has 1 aromatic rings. The molecule has 0 aliphatic carbocycles. The Morgan fingerprint density at radius 1 is 1.17 bits per heavy atom. The number of hydrogen-bond donors (Lipinski definition) is 1. The van der Waals surface area contributed by atoms with Crippen LogP contribution in [-0.4, -0.2) is 25.8 Å². The maximum absolute atomic E-state index is 12.2. The summed E-state index contributed by atoms with van der Waals surface area (Å²) in [6, 6.07) is 6.68. The Kier molecular flexibility index (Phi) is 6.84. The fourth-order valence-corrected chi connectivity index (χ4v) is 3.11. The zero-order chi connectivity index (χ0) is 13.1. The van der Waals surface area contributed by atoms with E-state index in [1.54, 1.807) is 24.3 Å². The maximum Gasteiger partial charge on any atom is 0.243 e. The molecule has 0 aromatic heterocycles. The SMILES string of the molecule is CCN(CC)S(=O)(=O)c1ccc(C(C)N)cc1.Cl. The fourth-order valence-electron chi connectivity index (χ4n) is 1.66. The maximum atomic E-state index is 12.2. The van der Waals surface area contributed by atoms with Crippen LogP contribution in [-0.2, 0) is 10.0 Å². The van der Waals surface area contributed by atoms with E-state index in [1.807, 2.05) is 20.8 Å². The van der Waals surface area contributed by atoms with Gasteiger partial charge in [-0.1, -0.05) is 26.0 Å². The summed E-state index contributed by atoms with van der Waals surface area (Å²) in [4.78, 5) is 0.325. The molecule has 0 radical (unpaired) electrons. The molecule has 104 valence electrons. The predicted molar refractivity (Wildman–Crippen MR) is 76.4 cm³/mol. The molecule has 0 aliphatic heterocycles. The van der Waals surface area contributed by atoms with Crippen LogP contribution in [0.15, 0.2) is 29.2 Å². The Hall–Kier alpha value is -0.620. The number of sulfonamides is 1. The highest BCUT2D eigenvalue weighted by Crippen LogP contribution is 2.18. The molecule has 2 N–H and O–H groups in total. The van der Waals surface area contributed by atoms with E-state index in [1.165, 1.54) is 4.31 Å². The zero-order valence-electron chi connectivity index (χ0n) is 11.0. The molecule has 1 rings (SSSR count). The van der Waals surface area contributed by atoms with Gasteiger partial charge in [0.05, 0.1) is 4.90 Å². The van der Waals surface area contributed by atoms with Crippen molar-refractivity contribution in [3.8, 4) is 0 Å². The molecule has 0 heterocycles. The number of halogens is 1. The molecular weight excluding hydrogens is 272 g/mol. The van der Waals surface area contributed by atoms with Crippen molar-refractivity contribution in [1.29, 1.82) is 0 Å². The van der Waals surface area contributed by atoms with Gasteiger partial charge in [0.15, 0.2) is 0 Å². The van der Waals surface area contributed by atoms with Gasteiger partial charge in [0.25, 0.3) is 0 Å². The molecule has 0 spiro atoms. The van der Waals surface area contributed by atoms with E-state index < -0.39 is 10.0 Å². The minimum atomic E-state index is -3.35. The van der Waals surface area contributed by atoms with Crippen LogP contribution >= 0.6 is 12.4 Å². The summed E-state index contributed by atoms with van der Waals surface area (Å²) in [5.41, 5.74) is 6.66. The van der Waals surface area contributed by atoms with Crippen LogP contribution in [0.4, 0.5) is 0 Å². The van der Waals surface area contributed by atoms with Crippen molar-refractivity contribution in [1.82, 2.24) is 4.31 Å². The van der Waals surface area contributed by atoms with Gasteiger partial charge in [-0.25, -0.2) is 8.42 Å². The summed E-state index contributed by atoms with van der Waals surface area (Å²) in [5, 5.41) is 0. The van der Waals surface area contributed by atoms with Crippen LogP contribution < -0.4 is 5.73 Å². The van der Waals surface area contributed by atoms with E-state index >= 15 is 0 Å². The summed E-state index contributed by atoms with van der Waals surface area (Å²) in [6.45, 7) is 6.49. The van der Waals surface area contributed by atoms with Gasteiger partial charge >= 0.3 is 0 Å². The highest BCUT2D eigenvalue weighted by atomic mass is 35.5. The molecule has 0 saturated heterocycles. The lowest BCUT2D eigenvalue weighted by atomic mass is 10.1. The lowest BCUT2D eigenvalue weighted by Gasteiger charge is -2.18. The van der Waals surface area contributed by atoms with Crippen LogP contribution in [0.3, 0.4) is 0 Å². The van der Waals surface area contributed by atoms with E-state index in [-0.39, 0.29) is 18.4 Å². The smallest absolute Gasteiger partial charge is 0.243 e. The van der Waals surface area contributed by atoms with Crippen LogP contribution in [0.5, 0.6) is 0 Å². The third-order valence-corrected chi connectivity index (χ3v) is 4.81. The van der Waals surface area contributed by atoms with Crippen LogP contribution in [0.1, 0.15) is 32.4 Å². The summed E-state index contributed by atoms with van der Waals surface area (Å²) in [6.07, 6.45) is 0. The molecule has 1 aromatic carbocycles. The van der Waals surface area contributed by atoms with Crippen LogP contribution in [0, 0.1) is 0 Å². The average molecular weight is 293 g/mol. The highest BCUT2D eigenvalue weighted by molar-refractivity contribution is 7.89. The second-order valence-electron chi connectivity index (χ2n) is 3.95. The first kappa shape index (κ1) is 17.4. The summed E-state index contributed by atoms with van der Waals surface area (Å²) in [5.74, 6) is 0. The highest BCUT2D eigenvalue weighted by Gasteiger charge is 2.21. The zero-order valence-corrected chi connectivity index (χ0v) is 12.6. The first-order chi connectivity index (χ1) is 7.93. The van der Waals surface area contributed by atoms with Gasteiger partial charge < -0.3 is 5.73 Å². The lowest BCUT2D eigenvalue weighted by Crippen LogP contribution is -2.30. The number of benzene rings is 1. The summed E-state index contributed by atoms with van der Waals surface area (Å²) < 4.78 is 25.8. The minimum Gasteiger partial charge on any atom is -0.324 e. The first-order valence-corrected chi connectivity index (χ1v) is 7.23. The van der Waals surface area contributed by atoms with Gasteiger partial charge in [-0.05, 0) is 24.6 Å². The van der Waals surface area contributed by atoms with Crippen molar-refractivity contribution >= 4 is 22.4 Å². The Morgan fingerprint density at radius 3 is 1.94 bits per heavy atom. The number of nitrogens with zero attached hydrogens (tertiary/aromatic N) is 1. The molecule has 0 fully saturated rings. The topological polar surface area (TPSA) is 63.4 Å². The third kappa shape index (κ3) is 3.68. The lowest BCUT2D eigenvalue weighted by molar-refractivity contribution is 0.445. The van der Waals surface area contributed by atoms with Crippen LogP contribution in [0.2, 0.25) is 0 Å². The molecule has 1 unspecified atom stereocenters. The van der Waals surface area contributed by atoms with Crippen molar-refractivity contribution in [3.63, 3.8) is 0 Å². The summed E-state index contributed by atoms with van der Waals surface area (Å²) in [7, 11) is -3.35. The van der Waals surface area contributed by atoms with Crippen molar-refractivity contribution in [2.75, 3.05) is 13.1 Å². The fraction of sp³-hybridized carbons (Fsp3) is 0.500. The van der Waals surface area contributed by atoms with Gasteiger partial charge in [-0.2, -0.15) is 4.31 Å². The Bertz CT molecular complexity index is 453. The first-order valence-electron chi connectivity index (χ1n) is 5.79. The van der Waals surface area contributed by atoms with Gasteiger partial charge in [-0.3, -0.25) is 0 Å². The van der Waals surface area contributed by atoms with Gasteiger partial charge in [0, 0.05) is 19.1 Å². The normalized spacial score (nSPS) is 13.2. The van der Waals surface area contributed by atoms with E-state index in [2.05, 4.69) is 0 Å². The second kappa shape index (κ2) is 7.09. The predicted octanol–water partition coefficient (Wildman–Crippen LogP) is 2.16. The summed E-state index contributed by atoms with van der Waals surface area (Å²) >= 11 is 0. The standard InChI is InChI=1S/C12H20N2O2S.ClH/c1-4-14(5-2)17(15,16)12-8-6-11(7-9-12)10(3)13;/h6-10H,4-5,13H2,1-3H3;1H. The van der Waals surface area contributed by atoms with Crippen molar-refractivity contribution in [2.45, 2.75) is 31.7 Å². The van der Waals surface area contributed by atoms with Crippen molar-refractivity contribution in [2.24, 2.45) is 5.73 Å². The number of hydrogen-bond acceptors (Lipinski definition) is 3. The molecule has 6 heteroatoms. The molecule has 0 aliphatic rings. The molecule has 4 nitrogen and oxygen atoms in total. The van der Waals surface area contributed by atoms with Gasteiger partial charge in [0.1, 0.15) is 0 Å². The quantitative estimate of drug-likeness (QED) is 0.904. The minimum absolute atomic E-state index is 0. The number of nitrogens with two attached hydrogens (primary N) is 1. The Morgan fingerprint density at radius 2 is 1.61 bits per heavy atom. The third-order valence-electron chi connectivity index (χ3n) is 2.75. The molecule has 0 bridgehead atoms. The monoisotopic (exact) mass is 292 g/mol. The molecule has 18 heavy (non-hydrogen) atoms. The number of rotatable bonds is 5. The van der Waals surface area contributed by atoms with Gasteiger partial charge in [0.2, 0.25) is 10.0 Å². The molecular formula is C12H21ClN2O2S. The van der Waals surface area contributed by atoms with E-state index in [4.69, 9.17) is 5.73 Å². The molecule has 0 saturated carbocycles. The van der Waals surface area contributed by atoms with E-state index in [9.17, 15) is 8.42 Å². The Balaban J connectivity index is 0.00000289. The molecule has 1 atom stereocenters. The average Bonchev–Trinajstić information content (AvgIpc) is 2.30. The van der Waals surface area contributed by atoms with Crippen LogP contribution in [0.25, 0.3) is 0 Å². The van der Waals surface area contributed by atoms with Crippen molar-refractivity contribution in [3.05, 3.63) is 29.8 Å². The van der Waals surface area contributed by atoms with E-state index in [0.29, 0.717) is 18.0 Å².